The number of imidazole rings is 1. The second-order valence-electron chi connectivity index (χ2n) is 9.59. The lowest BCUT2D eigenvalue weighted by Gasteiger charge is -2.37. The van der Waals surface area contributed by atoms with Crippen molar-refractivity contribution in [2.24, 2.45) is 5.92 Å². The second kappa shape index (κ2) is 8.31. The molecule has 6 rings (SSSR count). The maximum absolute atomic E-state index is 12.8. The van der Waals surface area contributed by atoms with Gasteiger partial charge in [0.05, 0.1) is 12.4 Å². The molecule has 2 aromatic carbocycles. The fourth-order valence-corrected chi connectivity index (χ4v) is 5.73. The number of aromatic nitrogens is 2. The summed E-state index contributed by atoms with van der Waals surface area (Å²) in [5.74, 6) is 1.11. The summed E-state index contributed by atoms with van der Waals surface area (Å²) in [6.07, 6.45) is 6.20. The molecule has 4 nitrogen and oxygen atoms in total. The number of alkyl halides is 1. The zero-order valence-electron chi connectivity index (χ0n) is 18.6. The van der Waals surface area contributed by atoms with Crippen molar-refractivity contribution in [2.45, 2.75) is 31.2 Å². The Labute approximate surface area is 193 Å². The fraction of sp³-hybridized carbons (Fsp3) is 0.321. The van der Waals surface area contributed by atoms with Gasteiger partial charge in [-0.05, 0) is 65.3 Å². The minimum absolute atomic E-state index is 0.189. The molecule has 0 spiro atoms. The molecule has 0 saturated carbocycles. The van der Waals surface area contributed by atoms with E-state index >= 15 is 0 Å². The van der Waals surface area contributed by atoms with Gasteiger partial charge in [0.15, 0.2) is 0 Å². The van der Waals surface area contributed by atoms with E-state index in [1.807, 2.05) is 12.1 Å². The number of halogens is 1. The molecule has 2 atom stereocenters. The number of benzene rings is 2. The van der Waals surface area contributed by atoms with Crippen LogP contribution in [0.3, 0.4) is 0 Å². The van der Waals surface area contributed by atoms with Crippen LogP contribution < -0.4 is 0 Å². The van der Waals surface area contributed by atoms with E-state index in [0.717, 1.165) is 43.8 Å². The molecule has 0 radical (unpaired) electrons. The molecule has 1 fully saturated rings. The third-order valence-corrected chi connectivity index (χ3v) is 7.35. The SMILES string of the molecule is Oc1ccc2c(c1)CCC(c1ccccc1)C2c1ccn2cc(CN3CC(CF)C3)nc2c1. The van der Waals surface area contributed by atoms with Crippen LogP contribution in [0.15, 0.2) is 73.1 Å². The van der Waals surface area contributed by atoms with Gasteiger partial charge in [-0.15, -0.1) is 0 Å². The van der Waals surface area contributed by atoms with Crippen molar-refractivity contribution in [1.82, 2.24) is 14.3 Å². The Kier molecular flexibility index (Phi) is 5.14. The topological polar surface area (TPSA) is 40.8 Å². The molecular formula is C28H28FN3O. The van der Waals surface area contributed by atoms with Crippen molar-refractivity contribution in [3.8, 4) is 5.75 Å². The largest absolute Gasteiger partial charge is 0.508 e. The predicted molar refractivity (Wildman–Crippen MR) is 127 cm³/mol. The van der Waals surface area contributed by atoms with Crippen LogP contribution in [0.2, 0.25) is 0 Å². The molecule has 33 heavy (non-hydrogen) atoms. The van der Waals surface area contributed by atoms with E-state index in [2.05, 4.69) is 70.2 Å². The van der Waals surface area contributed by atoms with Gasteiger partial charge in [-0.1, -0.05) is 36.4 Å². The number of rotatable bonds is 5. The van der Waals surface area contributed by atoms with Crippen LogP contribution in [-0.4, -0.2) is 39.2 Å². The van der Waals surface area contributed by atoms with Crippen molar-refractivity contribution in [1.29, 1.82) is 0 Å². The molecular weight excluding hydrogens is 413 g/mol. The highest BCUT2D eigenvalue weighted by Crippen LogP contribution is 2.47. The van der Waals surface area contributed by atoms with Crippen LogP contribution in [0.25, 0.3) is 5.65 Å². The van der Waals surface area contributed by atoms with E-state index in [4.69, 9.17) is 4.98 Å². The summed E-state index contributed by atoms with van der Waals surface area (Å²) in [5.41, 5.74) is 7.10. The summed E-state index contributed by atoms with van der Waals surface area (Å²) >= 11 is 0. The number of nitrogens with zero attached hydrogens (tertiary/aromatic N) is 3. The molecule has 3 heterocycles. The molecule has 0 amide bonds. The van der Waals surface area contributed by atoms with E-state index in [1.54, 1.807) is 0 Å². The molecule has 0 bridgehead atoms. The number of aromatic hydroxyl groups is 1. The highest BCUT2D eigenvalue weighted by Gasteiger charge is 2.32. The zero-order chi connectivity index (χ0) is 22.4. The first kappa shape index (κ1) is 20.4. The third-order valence-electron chi connectivity index (χ3n) is 7.35. The van der Waals surface area contributed by atoms with Crippen LogP contribution in [0.4, 0.5) is 4.39 Å². The van der Waals surface area contributed by atoms with Crippen molar-refractivity contribution in [2.75, 3.05) is 19.8 Å². The van der Waals surface area contributed by atoms with E-state index in [0.29, 0.717) is 11.7 Å². The highest BCUT2D eigenvalue weighted by atomic mass is 19.1. The fourth-order valence-electron chi connectivity index (χ4n) is 5.73. The molecule has 5 heteroatoms. The number of likely N-dealkylation sites (tertiary alicyclic amines) is 1. The number of phenolic OH excluding ortho intramolecular Hbond substituents is 1. The monoisotopic (exact) mass is 441 g/mol. The van der Waals surface area contributed by atoms with Crippen LogP contribution in [0.1, 0.15) is 46.2 Å². The molecule has 2 aliphatic rings. The lowest BCUT2D eigenvalue weighted by atomic mass is 9.69. The average Bonchev–Trinajstić information content (AvgIpc) is 3.22. The van der Waals surface area contributed by atoms with Crippen LogP contribution in [0, 0.1) is 5.92 Å². The molecule has 1 saturated heterocycles. The Morgan fingerprint density at radius 1 is 1.00 bits per heavy atom. The van der Waals surface area contributed by atoms with Gasteiger partial charge in [-0.2, -0.15) is 0 Å². The van der Waals surface area contributed by atoms with E-state index in [1.165, 1.54) is 22.3 Å². The number of pyridine rings is 1. The van der Waals surface area contributed by atoms with Crippen LogP contribution in [-0.2, 0) is 13.0 Å². The van der Waals surface area contributed by atoms with Gasteiger partial charge in [0.1, 0.15) is 11.4 Å². The first-order valence-electron chi connectivity index (χ1n) is 11.8. The Bertz CT molecular complexity index is 1280. The molecule has 1 aliphatic heterocycles. The number of aryl methyl sites for hydroxylation is 1. The minimum Gasteiger partial charge on any atom is -0.508 e. The quantitative estimate of drug-likeness (QED) is 0.457. The molecule has 168 valence electrons. The van der Waals surface area contributed by atoms with Gasteiger partial charge in [-0.3, -0.25) is 9.29 Å². The Balaban J connectivity index is 1.37. The Hall–Kier alpha value is -3.18. The van der Waals surface area contributed by atoms with Crippen LogP contribution in [0.5, 0.6) is 5.75 Å². The number of fused-ring (bicyclic) bond motifs is 2. The smallest absolute Gasteiger partial charge is 0.137 e. The maximum atomic E-state index is 12.8. The summed E-state index contributed by atoms with van der Waals surface area (Å²) in [6.45, 7) is 2.18. The number of hydrogen-bond donors (Lipinski definition) is 1. The predicted octanol–water partition coefficient (Wildman–Crippen LogP) is 5.30. The Morgan fingerprint density at radius 3 is 2.67 bits per heavy atom. The van der Waals surface area contributed by atoms with Crippen molar-refractivity contribution >= 4 is 5.65 Å². The van der Waals surface area contributed by atoms with E-state index in [9.17, 15) is 9.50 Å². The van der Waals surface area contributed by atoms with Crippen molar-refractivity contribution < 1.29 is 9.50 Å². The van der Waals surface area contributed by atoms with Crippen LogP contribution >= 0.6 is 0 Å². The lowest BCUT2D eigenvalue weighted by molar-refractivity contribution is 0.0727. The maximum Gasteiger partial charge on any atom is 0.137 e. The molecule has 4 aromatic rings. The Morgan fingerprint density at radius 2 is 1.85 bits per heavy atom. The van der Waals surface area contributed by atoms with Gasteiger partial charge in [0, 0.05) is 43.9 Å². The zero-order valence-corrected chi connectivity index (χ0v) is 18.6. The number of hydrogen-bond acceptors (Lipinski definition) is 3. The average molecular weight is 442 g/mol. The normalized spacial score (nSPS) is 21.1. The summed E-state index contributed by atoms with van der Waals surface area (Å²) in [4.78, 5) is 7.15. The summed E-state index contributed by atoms with van der Waals surface area (Å²) in [5, 5.41) is 10.1. The van der Waals surface area contributed by atoms with Crippen molar-refractivity contribution in [3.63, 3.8) is 0 Å². The van der Waals surface area contributed by atoms with Gasteiger partial charge < -0.3 is 9.51 Å². The summed E-state index contributed by atoms with van der Waals surface area (Å²) in [7, 11) is 0. The molecule has 1 N–H and O–H groups in total. The summed E-state index contributed by atoms with van der Waals surface area (Å²) < 4.78 is 14.8. The molecule has 2 unspecified atom stereocenters. The minimum atomic E-state index is -0.228. The van der Waals surface area contributed by atoms with Gasteiger partial charge in [0.25, 0.3) is 0 Å². The van der Waals surface area contributed by atoms with Crippen molar-refractivity contribution in [3.05, 3.63) is 101 Å². The molecule has 2 aromatic heterocycles. The standard InChI is InChI=1S/C28H28FN3O/c29-14-19-15-31(16-19)17-23-18-32-11-10-22(13-27(32)30-23)28-25(20-4-2-1-3-5-20)8-6-21-12-24(33)7-9-26(21)28/h1-5,7,9-13,18-19,25,28,33H,6,8,14-17H2. The molecule has 1 aliphatic carbocycles. The summed E-state index contributed by atoms with van der Waals surface area (Å²) in [6, 6.07) is 21.0. The first-order chi connectivity index (χ1) is 16.2. The van der Waals surface area contributed by atoms with E-state index in [-0.39, 0.29) is 18.5 Å². The second-order valence-corrected chi connectivity index (χ2v) is 9.59. The third kappa shape index (κ3) is 3.80. The van der Waals surface area contributed by atoms with Gasteiger partial charge in [-0.25, -0.2) is 4.98 Å². The van der Waals surface area contributed by atoms with Gasteiger partial charge >= 0.3 is 0 Å². The highest BCUT2D eigenvalue weighted by molar-refractivity contribution is 5.51. The number of phenols is 1. The van der Waals surface area contributed by atoms with Gasteiger partial charge in [0.2, 0.25) is 0 Å². The van der Waals surface area contributed by atoms with E-state index < -0.39 is 0 Å². The first-order valence-corrected chi connectivity index (χ1v) is 11.8. The lowest BCUT2D eigenvalue weighted by Crippen LogP contribution is -2.46.